The first-order valence-electron chi connectivity index (χ1n) is 12.3. The van der Waals surface area contributed by atoms with Gasteiger partial charge in [-0.3, -0.25) is 9.59 Å². The summed E-state index contributed by atoms with van der Waals surface area (Å²) in [4.78, 5) is 54.3. The van der Waals surface area contributed by atoms with Crippen molar-refractivity contribution in [3.05, 3.63) is 76.6 Å². The van der Waals surface area contributed by atoms with Crippen molar-refractivity contribution in [2.75, 3.05) is 21.1 Å². The van der Waals surface area contributed by atoms with Crippen LogP contribution < -0.4 is 15.2 Å². The van der Waals surface area contributed by atoms with Crippen LogP contribution in [0.3, 0.4) is 0 Å². The molecule has 1 saturated heterocycles. The number of nitrogens with zero attached hydrogens (tertiary/aromatic N) is 2. The van der Waals surface area contributed by atoms with Crippen molar-refractivity contribution in [2.45, 2.75) is 19.4 Å². The minimum Gasteiger partial charge on any atom is -0.478 e. The fourth-order valence-electron chi connectivity index (χ4n) is 4.66. The van der Waals surface area contributed by atoms with Gasteiger partial charge < -0.3 is 19.7 Å². The number of fused-ring (bicyclic) bond motifs is 2. The fraction of sp³-hybridized carbons (Fsp3) is 0.207. The van der Waals surface area contributed by atoms with Gasteiger partial charge in [0.15, 0.2) is 0 Å². The Labute approximate surface area is 223 Å². The van der Waals surface area contributed by atoms with E-state index in [1.165, 1.54) is 18.2 Å². The summed E-state index contributed by atoms with van der Waals surface area (Å²) in [5, 5.41) is 15.2. The van der Waals surface area contributed by atoms with Crippen molar-refractivity contribution >= 4 is 34.7 Å². The van der Waals surface area contributed by atoms with Gasteiger partial charge in [-0.15, -0.1) is 5.06 Å². The van der Waals surface area contributed by atoms with Gasteiger partial charge in [0.2, 0.25) is 5.36 Å². The molecule has 0 saturated carbocycles. The van der Waals surface area contributed by atoms with E-state index in [9.17, 15) is 24.3 Å². The Balaban J connectivity index is 1.76. The Bertz CT molecular complexity index is 1700. The van der Waals surface area contributed by atoms with Crippen molar-refractivity contribution in [3.63, 3.8) is 0 Å². The molecular weight excluding hydrogens is 502 g/mol. The van der Waals surface area contributed by atoms with Crippen LogP contribution in [0.25, 0.3) is 33.4 Å². The summed E-state index contributed by atoms with van der Waals surface area (Å²) in [6, 6.07) is 15.3. The van der Waals surface area contributed by atoms with Crippen LogP contribution in [0.2, 0.25) is 0 Å². The molecule has 10 heteroatoms. The number of hydrogen-bond acceptors (Lipinski definition) is 7. The monoisotopic (exact) mass is 528 g/mol. The number of carbonyl (C=O) groups excluding carboxylic acids is 3. The number of carboxylic acids is 1. The maximum absolute atomic E-state index is 13.0. The van der Waals surface area contributed by atoms with Crippen molar-refractivity contribution in [1.82, 2.24) is 15.0 Å². The van der Waals surface area contributed by atoms with Gasteiger partial charge in [-0.25, -0.2) is 14.2 Å². The molecule has 3 aliphatic rings. The van der Waals surface area contributed by atoms with E-state index >= 15 is 0 Å². The van der Waals surface area contributed by atoms with Crippen LogP contribution in [-0.4, -0.2) is 55.1 Å². The predicted molar refractivity (Wildman–Crippen MR) is 142 cm³/mol. The molecule has 2 N–H and O–H groups in total. The second-order valence-corrected chi connectivity index (χ2v) is 9.44. The number of amides is 2. The first kappa shape index (κ1) is 25.8. The number of imide groups is 1. The summed E-state index contributed by atoms with van der Waals surface area (Å²) in [5.41, 5.74) is 2.93. The molecule has 0 bridgehead atoms. The highest BCUT2D eigenvalue weighted by atomic mass is 16.7. The summed E-state index contributed by atoms with van der Waals surface area (Å²) in [5.74, 6) is -2.81. The van der Waals surface area contributed by atoms with E-state index < -0.39 is 23.8 Å². The van der Waals surface area contributed by atoms with Gasteiger partial charge in [-0.2, -0.15) is 0 Å². The molecule has 1 aliphatic carbocycles. The van der Waals surface area contributed by atoms with E-state index in [1.807, 2.05) is 62.1 Å². The normalized spacial score (nSPS) is 13.4. The first-order valence-corrected chi connectivity index (χ1v) is 12.3. The second kappa shape index (κ2) is 10.1. The largest absolute Gasteiger partial charge is 0.478 e. The van der Waals surface area contributed by atoms with Crippen molar-refractivity contribution in [3.8, 4) is 22.5 Å². The molecular formula is C29H26N3O7+. The van der Waals surface area contributed by atoms with Gasteiger partial charge in [0, 0.05) is 42.0 Å². The third kappa shape index (κ3) is 4.77. The Morgan fingerprint density at radius 3 is 2.41 bits per heavy atom. The minimum absolute atomic E-state index is 0.0127. The number of carbonyl (C=O) groups is 4. The SMILES string of the molecule is CNCc1ccc2c(-c3cc(C(=O)ON4C(=O)CCC4=O)ccc3C(=O)O)c3ccc(=[N+](C)C)cc-3oc2c1. The molecule has 5 rings (SSSR count). The number of hydroxylamine groups is 2. The molecule has 198 valence electrons. The van der Waals surface area contributed by atoms with Gasteiger partial charge in [0.05, 0.1) is 17.2 Å². The molecule has 2 aliphatic heterocycles. The quantitative estimate of drug-likeness (QED) is 0.222. The summed E-state index contributed by atoms with van der Waals surface area (Å²) in [7, 11) is 5.65. The van der Waals surface area contributed by atoms with Crippen LogP contribution in [0.4, 0.5) is 0 Å². The third-order valence-electron chi connectivity index (χ3n) is 6.60. The van der Waals surface area contributed by atoms with Crippen LogP contribution in [0.15, 0.2) is 59.0 Å². The van der Waals surface area contributed by atoms with Gasteiger partial charge in [-0.05, 0) is 48.5 Å². The number of hydrogen-bond donors (Lipinski definition) is 2. The smallest absolute Gasteiger partial charge is 0.363 e. The molecule has 1 fully saturated rings. The minimum atomic E-state index is -1.19. The highest BCUT2D eigenvalue weighted by molar-refractivity contribution is 6.09. The zero-order valence-electron chi connectivity index (χ0n) is 21.6. The van der Waals surface area contributed by atoms with Crippen LogP contribution in [0.1, 0.15) is 39.1 Å². The molecule has 10 nitrogen and oxygen atoms in total. The molecule has 2 aromatic carbocycles. The van der Waals surface area contributed by atoms with Crippen molar-refractivity contribution in [2.24, 2.45) is 0 Å². The van der Waals surface area contributed by atoms with Gasteiger partial charge >= 0.3 is 11.9 Å². The molecule has 0 aromatic heterocycles. The average Bonchev–Trinajstić information content (AvgIpc) is 3.23. The highest BCUT2D eigenvalue weighted by Gasteiger charge is 2.33. The lowest BCUT2D eigenvalue weighted by atomic mass is 9.89. The van der Waals surface area contributed by atoms with Gasteiger partial charge in [-0.1, -0.05) is 12.1 Å². The summed E-state index contributed by atoms with van der Waals surface area (Å²) < 4.78 is 8.23. The summed E-state index contributed by atoms with van der Waals surface area (Å²) in [6.45, 7) is 0.603. The van der Waals surface area contributed by atoms with Gasteiger partial charge in [0.25, 0.3) is 11.8 Å². The van der Waals surface area contributed by atoms with Crippen molar-refractivity contribution < 1.29 is 33.5 Å². The van der Waals surface area contributed by atoms with E-state index in [1.54, 1.807) is 0 Å². The lowest BCUT2D eigenvalue weighted by Crippen LogP contribution is -2.32. The number of benzene rings is 3. The molecule has 2 aromatic rings. The molecule has 0 radical (unpaired) electrons. The van der Waals surface area contributed by atoms with Crippen molar-refractivity contribution in [1.29, 1.82) is 0 Å². The zero-order chi connectivity index (χ0) is 27.8. The zero-order valence-corrected chi connectivity index (χ0v) is 21.6. The first-order chi connectivity index (χ1) is 18.7. The standard InChI is InChI=1S/C29H25N3O7/c1-30-15-16-4-7-20-23(12-16)38-24-14-18(31(2)3)6-9-21(24)27(20)22-13-17(5-8-19(22)28(35)36)29(37)39-32-25(33)10-11-26(32)34/h4-9,12-14,30H,10-11,15H2,1-3H3/p+1. The number of rotatable bonds is 6. The Hall–Kier alpha value is -4.83. The fourth-order valence-corrected chi connectivity index (χ4v) is 4.66. The summed E-state index contributed by atoms with van der Waals surface area (Å²) in [6.07, 6.45) is -0.0728. The second-order valence-electron chi connectivity index (χ2n) is 9.44. The topological polar surface area (TPSA) is 129 Å². The van der Waals surface area contributed by atoms with E-state index in [-0.39, 0.29) is 29.5 Å². The van der Waals surface area contributed by atoms with Gasteiger partial charge in [0.1, 0.15) is 25.4 Å². The maximum atomic E-state index is 13.0. The number of nitrogens with one attached hydrogen (secondary N) is 1. The summed E-state index contributed by atoms with van der Waals surface area (Å²) >= 11 is 0. The lowest BCUT2D eigenvalue weighted by molar-refractivity contribution is -0.172. The highest BCUT2D eigenvalue weighted by Crippen LogP contribution is 2.41. The Kier molecular flexibility index (Phi) is 6.71. The Morgan fingerprint density at radius 1 is 1.00 bits per heavy atom. The lowest BCUT2D eigenvalue weighted by Gasteiger charge is -2.18. The molecule has 39 heavy (non-hydrogen) atoms. The maximum Gasteiger partial charge on any atom is 0.363 e. The molecule has 0 atom stereocenters. The molecule has 0 spiro atoms. The van der Waals surface area contributed by atoms with Crippen LogP contribution in [0.5, 0.6) is 0 Å². The van der Waals surface area contributed by atoms with E-state index in [0.717, 1.165) is 10.9 Å². The Morgan fingerprint density at radius 2 is 1.74 bits per heavy atom. The van der Waals surface area contributed by atoms with E-state index in [2.05, 4.69) is 5.32 Å². The molecule has 2 heterocycles. The third-order valence-corrected chi connectivity index (χ3v) is 6.60. The molecule has 0 unspecified atom stereocenters. The van der Waals surface area contributed by atoms with E-state index in [4.69, 9.17) is 9.25 Å². The number of carboxylic acid groups (broad SMARTS) is 1. The van der Waals surface area contributed by atoms with Crippen LogP contribution in [-0.2, 0) is 21.0 Å². The number of aromatic carboxylic acids is 1. The molecule has 2 amide bonds. The van der Waals surface area contributed by atoms with Crippen LogP contribution >= 0.6 is 0 Å². The van der Waals surface area contributed by atoms with Crippen LogP contribution in [0, 0.1) is 0 Å². The average molecular weight is 529 g/mol. The predicted octanol–water partition coefficient (Wildman–Crippen LogP) is 2.87. The van der Waals surface area contributed by atoms with E-state index in [0.29, 0.717) is 39.5 Å².